The minimum atomic E-state index is -0.709. The summed E-state index contributed by atoms with van der Waals surface area (Å²) in [5.41, 5.74) is 1.88. The molecule has 0 aliphatic carbocycles. The lowest BCUT2D eigenvalue weighted by Gasteiger charge is -2.32. The van der Waals surface area contributed by atoms with E-state index in [9.17, 15) is 9.59 Å². The number of amides is 2. The highest BCUT2D eigenvalue weighted by Gasteiger charge is 2.31. The van der Waals surface area contributed by atoms with E-state index in [1.54, 1.807) is 24.1 Å². The smallest absolute Gasteiger partial charge is 0.261 e. The van der Waals surface area contributed by atoms with Gasteiger partial charge < -0.3 is 19.7 Å². The molecule has 0 spiro atoms. The summed E-state index contributed by atoms with van der Waals surface area (Å²) in [6.07, 6.45) is 0.388. The van der Waals surface area contributed by atoms with Crippen LogP contribution in [0.4, 0.5) is 0 Å². The van der Waals surface area contributed by atoms with E-state index in [2.05, 4.69) is 21.2 Å². The average molecular weight is 553 g/mol. The number of nitrogens with one attached hydrogen (secondary N) is 1. The van der Waals surface area contributed by atoms with Crippen LogP contribution < -0.4 is 14.8 Å². The van der Waals surface area contributed by atoms with Crippen molar-refractivity contribution in [2.75, 3.05) is 20.3 Å². The SMILES string of the molecule is COc1ccccc1OCC(=O)N(Cc1cccc(Br)c1)[C@@H](Cc1ccccc1)C(=O)NCC(C)C. The standard InChI is InChI=1S/C29H33BrN2O4/c1-21(2)18-31-29(34)25(17-22-10-5-4-6-11-22)32(19-23-12-9-13-24(30)16-23)28(33)20-36-27-15-8-7-14-26(27)35-3/h4-16,21,25H,17-20H2,1-3H3,(H,31,34)/t25-/m0/s1. The van der Waals surface area contributed by atoms with E-state index in [-0.39, 0.29) is 30.9 Å². The third-order valence-corrected chi connectivity index (χ3v) is 6.11. The number of para-hydroxylation sites is 2. The molecule has 0 saturated heterocycles. The van der Waals surface area contributed by atoms with Crippen molar-refractivity contribution >= 4 is 27.7 Å². The minimum absolute atomic E-state index is 0.187. The summed E-state index contributed by atoms with van der Waals surface area (Å²) in [6.45, 7) is 4.65. The number of rotatable bonds is 12. The predicted octanol–water partition coefficient (Wildman–Crippen LogP) is 5.25. The van der Waals surface area contributed by atoms with Gasteiger partial charge >= 0.3 is 0 Å². The Morgan fingerprint density at radius 3 is 2.25 bits per heavy atom. The normalized spacial score (nSPS) is 11.6. The van der Waals surface area contributed by atoms with Gasteiger partial charge in [-0.25, -0.2) is 0 Å². The van der Waals surface area contributed by atoms with Gasteiger partial charge in [0.25, 0.3) is 5.91 Å². The van der Waals surface area contributed by atoms with Gasteiger partial charge in [0.05, 0.1) is 7.11 Å². The molecule has 3 aromatic rings. The minimum Gasteiger partial charge on any atom is -0.493 e. The van der Waals surface area contributed by atoms with Crippen molar-refractivity contribution in [3.05, 3.63) is 94.5 Å². The lowest BCUT2D eigenvalue weighted by molar-refractivity contribution is -0.142. The molecule has 0 radical (unpaired) electrons. The molecular formula is C29H33BrN2O4. The molecule has 190 valence electrons. The Morgan fingerprint density at radius 2 is 1.58 bits per heavy atom. The van der Waals surface area contributed by atoms with Crippen LogP contribution in [0.15, 0.2) is 83.3 Å². The summed E-state index contributed by atoms with van der Waals surface area (Å²) >= 11 is 3.51. The molecule has 2 amide bonds. The molecule has 3 aromatic carbocycles. The van der Waals surface area contributed by atoms with E-state index in [0.717, 1.165) is 15.6 Å². The summed E-state index contributed by atoms with van der Waals surface area (Å²) in [5.74, 6) is 0.822. The van der Waals surface area contributed by atoms with Crippen LogP contribution in [0, 0.1) is 5.92 Å². The maximum Gasteiger partial charge on any atom is 0.261 e. The second-order valence-electron chi connectivity index (χ2n) is 8.94. The first-order chi connectivity index (χ1) is 17.4. The van der Waals surface area contributed by atoms with Crippen LogP contribution in [0.3, 0.4) is 0 Å². The molecule has 0 unspecified atom stereocenters. The van der Waals surface area contributed by atoms with Crippen molar-refractivity contribution in [3.63, 3.8) is 0 Å². The van der Waals surface area contributed by atoms with Gasteiger partial charge in [-0.2, -0.15) is 0 Å². The number of carbonyl (C=O) groups is 2. The summed E-state index contributed by atoms with van der Waals surface area (Å²) in [6, 6.07) is 23.9. The zero-order valence-electron chi connectivity index (χ0n) is 20.9. The van der Waals surface area contributed by atoms with Crippen molar-refractivity contribution in [3.8, 4) is 11.5 Å². The Kier molecular flexibility index (Phi) is 10.4. The van der Waals surface area contributed by atoms with Crippen molar-refractivity contribution in [2.45, 2.75) is 32.9 Å². The first-order valence-electron chi connectivity index (χ1n) is 12.0. The van der Waals surface area contributed by atoms with Gasteiger partial charge in [0.15, 0.2) is 18.1 Å². The molecule has 7 heteroatoms. The number of hydrogen-bond donors (Lipinski definition) is 1. The molecule has 0 aliphatic heterocycles. The summed E-state index contributed by atoms with van der Waals surface area (Å²) in [5, 5.41) is 3.02. The van der Waals surface area contributed by atoms with Gasteiger partial charge in [-0.15, -0.1) is 0 Å². The molecule has 0 saturated carbocycles. The first-order valence-corrected chi connectivity index (χ1v) is 12.8. The number of nitrogens with zero attached hydrogens (tertiary/aromatic N) is 1. The maximum atomic E-state index is 13.6. The zero-order valence-corrected chi connectivity index (χ0v) is 22.5. The predicted molar refractivity (Wildman–Crippen MR) is 145 cm³/mol. The first kappa shape index (κ1) is 27.3. The van der Waals surface area contributed by atoms with Gasteiger partial charge in [0, 0.05) is 24.0 Å². The summed E-state index contributed by atoms with van der Waals surface area (Å²) < 4.78 is 12.1. The zero-order chi connectivity index (χ0) is 25.9. The lowest BCUT2D eigenvalue weighted by Crippen LogP contribution is -2.52. The van der Waals surface area contributed by atoms with E-state index in [1.807, 2.05) is 80.6 Å². The van der Waals surface area contributed by atoms with E-state index >= 15 is 0 Å². The molecular weight excluding hydrogens is 520 g/mol. The topological polar surface area (TPSA) is 67.9 Å². The van der Waals surface area contributed by atoms with Crippen molar-refractivity contribution in [2.24, 2.45) is 5.92 Å². The van der Waals surface area contributed by atoms with Gasteiger partial charge in [-0.1, -0.05) is 84.4 Å². The number of hydrogen-bond acceptors (Lipinski definition) is 4. The number of ether oxygens (including phenoxy) is 2. The molecule has 0 heterocycles. The molecule has 1 atom stereocenters. The van der Waals surface area contributed by atoms with Crippen LogP contribution in [-0.2, 0) is 22.6 Å². The van der Waals surface area contributed by atoms with Crippen LogP contribution in [0.2, 0.25) is 0 Å². The molecule has 3 rings (SSSR count). The Labute approximate surface area is 221 Å². The second kappa shape index (κ2) is 13.7. The molecule has 0 fully saturated rings. The van der Waals surface area contributed by atoms with E-state index in [4.69, 9.17) is 9.47 Å². The highest BCUT2D eigenvalue weighted by atomic mass is 79.9. The molecule has 6 nitrogen and oxygen atoms in total. The molecule has 0 aromatic heterocycles. The molecule has 0 bridgehead atoms. The third-order valence-electron chi connectivity index (χ3n) is 5.62. The number of methoxy groups -OCH3 is 1. The van der Waals surface area contributed by atoms with E-state index in [1.165, 1.54) is 0 Å². The summed E-state index contributed by atoms with van der Waals surface area (Å²) in [7, 11) is 1.55. The van der Waals surface area contributed by atoms with Crippen molar-refractivity contribution in [1.82, 2.24) is 10.2 Å². The van der Waals surface area contributed by atoms with E-state index < -0.39 is 6.04 Å². The van der Waals surface area contributed by atoms with Gasteiger partial charge in [0.2, 0.25) is 5.91 Å². The quantitative estimate of drug-likeness (QED) is 0.333. The van der Waals surface area contributed by atoms with Crippen LogP contribution in [-0.4, -0.2) is 43.0 Å². The van der Waals surface area contributed by atoms with Crippen molar-refractivity contribution < 1.29 is 19.1 Å². The van der Waals surface area contributed by atoms with Crippen LogP contribution in [0.1, 0.15) is 25.0 Å². The Hall–Kier alpha value is -3.32. The lowest BCUT2D eigenvalue weighted by atomic mass is 10.0. The van der Waals surface area contributed by atoms with Gasteiger partial charge in [-0.3, -0.25) is 9.59 Å². The number of halogens is 1. The van der Waals surface area contributed by atoms with Gasteiger partial charge in [0.1, 0.15) is 6.04 Å². The van der Waals surface area contributed by atoms with Crippen LogP contribution in [0.5, 0.6) is 11.5 Å². The van der Waals surface area contributed by atoms with Crippen LogP contribution >= 0.6 is 15.9 Å². The molecule has 1 N–H and O–H groups in total. The fourth-order valence-electron chi connectivity index (χ4n) is 3.77. The monoisotopic (exact) mass is 552 g/mol. The average Bonchev–Trinajstić information content (AvgIpc) is 2.88. The molecule has 0 aliphatic rings. The third kappa shape index (κ3) is 8.12. The summed E-state index contributed by atoms with van der Waals surface area (Å²) in [4.78, 5) is 28.7. The maximum absolute atomic E-state index is 13.6. The Balaban J connectivity index is 1.91. The van der Waals surface area contributed by atoms with E-state index in [0.29, 0.717) is 24.5 Å². The number of carbonyl (C=O) groups excluding carboxylic acids is 2. The Bertz CT molecular complexity index is 1140. The fourth-order valence-corrected chi connectivity index (χ4v) is 4.22. The largest absolute Gasteiger partial charge is 0.493 e. The highest BCUT2D eigenvalue weighted by molar-refractivity contribution is 9.10. The second-order valence-corrected chi connectivity index (χ2v) is 9.85. The molecule has 36 heavy (non-hydrogen) atoms. The van der Waals surface area contributed by atoms with Crippen molar-refractivity contribution in [1.29, 1.82) is 0 Å². The van der Waals surface area contributed by atoms with Gasteiger partial charge in [-0.05, 0) is 41.3 Å². The Morgan fingerprint density at radius 1 is 0.917 bits per heavy atom. The highest BCUT2D eigenvalue weighted by Crippen LogP contribution is 2.26. The van der Waals surface area contributed by atoms with Crippen LogP contribution in [0.25, 0.3) is 0 Å². The fraction of sp³-hybridized carbons (Fsp3) is 0.310. The number of benzene rings is 3.